The van der Waals surface area contributed by atoms with Crippen molar-refractivity contribution >= 4 is 58.7 Å². The Morgan fingerprint density at radius 3 is 2.42 bits per heavy atom. The van der Waals surface area contributed by atoms with E-state index in [-0.39, 0.29) is 23.9 Å². The van der Waals surface area contributed by atoms with Crippen molar-refractivity contribution in [3.05, 3.63) is 64.6 Å². The molecule has 0 aliphatic rings. The van der Waals surface area contributed by atoms with Gasteiger partial charge in [0.1, 0.15) is 11.5 Å². The maximum Gasteiger partial charge on any atom is 0.329 e. The monoisotopic (exact) mass is 465 g/mol. The fourth-order valence-electron chi connectivity index (χ4n) is 2.02. The molecule has 4 N–H and O–H groups in total. The summed E-state index contributed by atoms with van der Waals surface area (Å²) in [5, 5.41) is 11.2. The summed E-state index contributed by atoms with van der Waals surface area (Å²) in [6.07, 6.45) is 2.59. The number of hydrogen-bond donors (Lipinski definition) is 4. The molecule has 0 radical (unpaired) electrons. The number of halogens is 2. The van der Waals surface area contributed by atoms with Crippen LogP contribution in [0.1, 0.15) is 11.5 Å². The third kappa shape index (κ3) is 7.61. The number of benzene rings is 1. The molecule has 10 nitrogen and oxygen atoms in total. The number of rotatable bonds is 7. The summed E-state index contributed by atoms with van der Waals surface area (Å²) >= 11 is 11.6. The number of furan rings is 1. The Kier molecular flexibility index (Phi) is 8.79. The molecule has 0 bridgehead atoms. The predicted molar refractivity (Wildman–Crippen MR) is 115 cm³/mol. The van der Waals surface area contributed by atoms with Crippen LogP contribution >= 0.6 is 23.2 Å². The zero-order valence-corrected chi connectivity index (χ0v) is 17.4. The summed E-state index contributed by atoms with van der Waals surface area (Å²) in [6.45, 7) is 3.49. The van der Waals surface area contributed by atoms with Crippen LogP contribution in [0.15, 0.2) is 52.5 Å². The van der Waals surface area contributed by atoms with Crippen molar-refractivity contribution in [2.75, 3.05) is 11.9 Å². The molecule has 0 aliphatic heterocycles. The van der Waals surface area contributed by atoms with E-state index in [1.54, 1.807) is 0 Å². The molecular formula is C19H17Cl2N5O5. The Morgan fingerprint density at radius 2 is 1.71 bits per heavy atom. The average Bonchev–Trinajstić information content (AvgIpc) is 3.20. The average molecular weight is 466 g/mol. The highest BCUT2D eigenvalue weighted by atomic mass is 35.5. The van der Waals surface area contributed by atoms with Gasteiger partial charge in [-0.15, -0.1) is 6.58 Å². The smallest absolute Gasteiger partial charge is 0.329 e. The molecule has 1 aromatic carbocycles. The zero-order chi connectivity index (χ0) is 22.8. The first kappa shape index (κ1) is 23.6. The molecular weight excluding hydrogens is 449 g/mol. The van der Waals surface area contributed by atoms with Gasteiger partial charge in [-0.2, -0.15) is 5.10 Å². The van der Waals surface area contributed by atoms with Gasteiger partial charge in [-0.05, 0) is 30.3 Å². The van der Waals surface area contributed by atoms with Gasteiger partial charge in [0.25, 0.3) is 0 Å². The Hall–Kier alpha value is -3.63. The van der Waals surface area contributed by atoms with Crippen molar-refractivity contribution in [3.8, 4) is 0 Å². The molecule has 0 saturated carbocycles. The summed E-state index contributed by atoms with van der Waals surface area (Å²) in [5.41, 5.74) is 2.34. The van der Waals surface area contributed by atoms with Gasteiger partial charge in [-0.25, -0.2) is 5.43 Å². The first-order valence-corrected chi connectivity index (χ1v) is 9.40. The van der Waals surface area contributed by atoms with Crippen molar-refractivity contribution < 1.29 is 23.6 Å². The number of hydrogen-bond acceptors (Lipinski definition) is 6. The van der Waals surface area contributed by atoms with Crippen LogP contribution in [0.2, 0.25) is 10.0 Å². The second-order valence-corrected chi connectivity index (χ2v) is 6.58. The fraction of sp³-hybridized carbons (Fsp3) is 0.105. The van der Waals surface area contributed by atoms with E-state index in [9.17, 15) is 19.2 Å². The van der Waals surface area contributed by atoms with Crippen molar-refractivity contribution in [1.29, 1.82) is 0 Å². The van der Waals surface area contributed by atoms with Gasteiger partial charge < -0.3 is 20.4 Å². The van der Waals surface area contributed by atoms with E-state index in [2.05, 4.69) is 27.6 Å². The lowest BCUT2D eigenvalue weighted by Gasteiger charge is -2.06. The summed E-state index contributed by atoms with van der Waals surface area (Å²) in [5.74, 6) is -3.03. The van der Waals surface area contributed by atoms with Crippen molar-refractivity contribution in [1.82, 2.24) is 16.1 Å². The van der Waals surface area contributed by atoms with Crippen molar-refractivity contribution in [2.24, 2.45) is 5.10 Å². The molecule has 1 aromatic heterocycles. The number of hydrazone groups is 1. The van der Waals surface area contributed by atoms with Crippen molar-refractivity contribution in [3.63, 3.8) is 0 Å². The van der Waals surface area contributed by atoms with Crippen LogP contribution in [0.5, 0.6) is 0 Å². The van der Waals surface area contributed by atoms with Gasteiger partial charge >= 0.3 is 23.6 Å². The zero-order valence-electron chi connectivity index (χ0n) is 15.9. The minimum atomic E-state index is -0.954. The van der Waals surface area contributed by atoms with E-state index < -0.39 is 23.6 Å². The quantitative estimate of drug-likeness (QED) is 0.212. The SMILES string of the molecule is C=CCNC(=O)C(=O)N/N=C/c1ccc(CNC(=O)C(=O)Nc2ccc(Cl)c(Cl)c2)o1. The Labute approximate surface area is 186 Å². The van der Waals surface area contributed by atoms with Crippen LogP contribution in [0.25, 0.3) is 0 Å². The Bertz CT molecular complexity index is 1030. The molecule has 31 heavy (non-hydrogen) atoms. The molecule has 0 aliphatic carbocycles. The largest absolute Gasteiger partial charge is 0.458 e. The summed E-state index contributed by atoms with van der Waals surface area (Å²) in [6, 6.07) is 7.45. The minimum absolute atomic E-state index is 0.0716. The highest BCUT2D eigenvalue weighted by molar-refractivity contribution is 6.43. The van der Waals surface area contributed by atoms with Gasteiger partial charge in [0, 0.05) is 12.2 Å². The van der Waals surface area contributed by atoms with Gasteiger partial charge in [-0.1, -0.05) is 29.3 Å². The molecule has 1 heterocycles. The molecule has 0 fully saturated rings. The molecule has 2 aromatic rings. The number of nitrogens with one attached hydrogen (secondary N) is 4. The van der Waals surface area contributed by atoms with E-state index in [4.69, 9.17) is 27.6 Å². The molecule has 0 unspecified atom stereocenters. The maximum atomic E-state index is 11.9. The first-order valence-electron chi connectivity index (χ1n) is 8.65. The molecule has 2 rings (SSSR count). The number of amides is 4. The number of nitrogens with zero attached hydrogens (tertiary/aromatic N) is 1. The summed E-state index contributed by atoms with van der Waals surface area (Å²) in [7, 11) is 0. The maximum absolute atomic E-state index is 11.9. The first-order chi connectivity index (χ1) is 14.8. The highest BCUT2D eigenvalue weighted by Gasteiger charge is 2.15. The highest BCUT2D eigenvalue weighted by Crippen LogP contribution is 2.24. The molecule has 4 amide bonds. The van der Waals surface area contributed by atoms with Crippen LogP contribution < -0.4 is 21.4 Å². The van der Waals surface area contributed by atoms with Crippen LogP contribution in [-0.4, -0.2) is 36.4 Å². The van der Waals surface area contributed by atoms with Gasteiger partial charge in [-0.3, -0.25) is 19.2 Å². The third-order valence-electron chi connectivity index (χ3n) is 3.46. The van der Waals surface area contributed by atoms with E-state index in [1.165, 1.54) is 42.6 Å². The van der Waals surface area contributed by atoms with Crippen LogP contribution in [0.3, 0.4) is 0 Å². The van der Waals surface area contributed by atoms with E-state index >= 15 is 0 Å². The second-order valence-electron chi connectivity index (χ2n) is 5.77. The van der Waals surface area contributed by atoms with Crippen LogP contribution in [-0.2, 0) is 25.7 Å². The summed E-state index contributed by atoms with van der Waals surface area (Å²) in [4.78, 5) is 46.7. The van der Waals surface area contributed by atoms with E-state index in [0.717, 1.165) is 0 Å². The lowest BCUT2D eigenvalue weighted by molar-refractivity contribution is -0.139. The Balaban J connectivity index is 1.80. The number of anilines is 1. The van der Waals surface area contributed by atoms with Gasteiger partial charge in [0.2, 0.25) is 0 Å². The standard InChI is InChI=1S/C19H17Cl2N5O5/c1-2-7-22-17(28)19(30)26-24-10-13-5-4-12(31-13)9-23-16(27)18(29)25-11-3-6-14(20)15(21)8-11/h2-6,8,10H,1,7,9H2,(H,22,28)(H,23,27)(H,25,29)(H,26,30)/b24-10+. The topological polar surface area (TPSA) is 142 Å². The normalized spacial score (nSPS) is 10.4. The predicted octanol–water partition coefficient (Wildman–Crippen LogP) is 1.59. The molecule has 0 atom stereocenters. The van der Waals surface area contributed by atoms with Crippen LogP contribution in [0, 0.1) is 0 Å². The summed E-state index contributed by atoms with van der Waals surface area (Å²) < 4.78 is 5.38. The van der Waals surface area contributed by atoms with E-state index in [0.29, 0.717) is 16.5 Å². The molecule has 0 saturated heterocycles. The third-order valence-corrected chi connectivity index (χ3v) is 4.20. The Morgan fingerprint density at radius 1 is 0.968 bits per heavy atom. The number of carbonyl (C=O) groups is 4. The molecule has 0 spiro atoms. The van der Waals surface area contributed by atoms with E-state index in [1.807, 2.05) is 5.43 Å². The second kappa shape index (κ2) is 11.5. The van der Waals surface area contributed by atoms with Crippen molar-refractivity contribution in [2.45, 2.75) is 6.54 Å². The van der Waals surface area contributed by atoms with Crippen LogP contribution in [0.4, 0.5) is 5.69 Å². The van der Waals surface area contributed by atoms with Gasteiger partial charge in [0.15, 0.2) is 0 Å². The molecule has 162 valence electrons. The van der Waals surface area contributed by atoms with Gasteiger partial charge in [0.05, 0.1) is 22.8 Å². The fourth-order valence-corrected chi connectivity index (χ4v) is 2.32. The lowest BCUT2D eigenvalue weighted by atomic mass is 10.3. The lowest BCUT2D eigenvalue weighted by Crippen LogP contribution is -2.37. The molecule has 12 heteroatoms. The minimum Gasteiger partial charge on any atom is -0.458 e. The number of carbonyl (C=O) groups excluding carboxylic acids is 4.